The molecular weight excluding hydrogens is 335 g/mol. The molecule has 128 valence electrons. The van der Waals surface area contributed by atoms with Crippen LogP contribution in [0.15, 0.2) is 42.5 Å². The van der Waals surface area contributed by atoms with Crippen molar-refractivity contribution < 1.29 is 36.2 Å². The largest absolute Gasteiger partial charge is 0.573 e. The molecule has 0 aliphatic rings. The van der Waals surface area contributed by atoms with Crippen LogP contribution in [0, 0.1) is 0 Å². The predicted octanol–water partition coefficient (Wildman–Crippen LogP) is 4.71. The Balaban J connectivity index is 2.25. The van der Waals surface area contributed by atoms with Gasteiger partial charge in [-0.3, -0.25) is 4.79 Å². The molecule has 0 heterocycles. The van der Waals surface area contributed by atoms with Crippen molar-refractivity contribution >= 4 is 6.29 Å². The van der Waals surface area contributed by atoms with Crippen LogP contribution >= 0.6 is 0 Å². The monoisotopic (exact) mass is 346 g/mol. The molecule has 24 heavy (non-hydrogen) atoms. The van der Waals surface area contributed by atoms with Gasteiger partial charge >= 0.3 is 6.36 Å². The number of alkyl halides is 5. The summed E-state index contributed by atoms with van der Waals surface area (Å²) in [6.07, 6.45) is -7.03. The fourth-order valence-corrected chi connectivity index (χ4v) is 1.94. The highest BCUT2D eigenvalue weighted by molar-refractivity contribution is 5.82. The van der Waals surface area contributed by atoms with E-state index in [0.29, 0.717) is 17.4 Å². The Morgan fingerprint density at radius 2 is 1.62 bits per heavy atom. The molecule has 0 atom stereocenters. The van der Waals surface area contributed by atoms with Crippen molar-refractivity contribution in [1.82, 2.24) is 0 Å². The van der Waals surface area contributed by atoms with Gasteiger partial charge in [0.2, 0.25) is 0 Å². The molecule has 0 spiro atoms. The summed E-state index contributed by atoms with van der Waals surface area (Å²) in [5.41, 5.74) is 1.09. The molecule has 0 aliphatic carbocycles. The predicted molar refractivity (Wildman–Crippen MR) is 75.4 cm³/mol. The van der Waals surface area contributed by atoms with E-state index in [1.807, 2.05) is 0 Å². The van der Waals surface area contributed by atoms with E-state index in [-0.39, 0.29) is 17.1 Å². The third kappa shape index (κ3) is 4.94. The Kier molecular flexibility index (Phi) is 5.38. The molecule has 0 amide bonds. The summed E-state index contributed by atoms with van der Waals surface area (Å²) in [6, 6.07) is 9.25. The van der Waals surface area contributed by atoms with Crippen LogP contribution in [0.1, 0.15) is 10.4 Å². The van der Waals surface area contributed by atoms with E-state index < -0.39 is 19.4 Å². The lowest BCUT2D eigenvalue weighted by molar-refractivity contribution is -0.274. The van der Waals surface area contributed by atoms with Crippen molar-refractivity contribution in [3.8, 4) is 22.6 Å². The van der Waals surface area contributed by atoms with Gasteiger partial charge in [-0.25, -0.2) is 8.78 Å². The highest BCUT2D eigenvalue weighted by Crippen LogP contribution is 2.29. The van der Waals surface area contributed by atoms with Crippen LogP contribution in [0.25, 0.3) is 11.1 Å². The summed E-state index contributed by atoms with van der Waals surface area (Å²) in [7, 11) is 0. The molecule has 0 fully saturated rings. The fraction of sp³-hybridized carbons (Fsp3) is 0.188. The number of carbonyl (C=O) groups is 1. The topological polar surface area (TPSA) is 35.5 Å². The van der Waals surface area contributed by atoms with Gasteiger partial charge in [-0.2, -0.15) is 0 Å². The number of hydrogen-bond donors (Lipinski definition) is 0. The molecule has 0 radical (unpaired) electrons. The van der Waals surface area contributed by atoms with Crippen molar-refractivity contribution in [3.63, 3.8) is 0 Å². The quantitative estimate of drug-likeness (QED) is 0.561. The average molecular weight is 346 g/mol. The van der Waals surface area contributed by atoms with Gasteiger partial charge in [0.05, 0.1) is 5.56 Å². The van der Waals surface area contributed by atoms with Crippen LogP contribution in [0.4, 0.5) is 22.0 Å². The number of aldehydes is 1. The lowest BCUT2D eigenvalue weighted by Gasteiger charge is -2.11. The molecule has 2 aromatic rings. The lowest BCUT2D eigenvalue weighted by atomic mass is 10.0. The zero-order chi connectivity index (χ0) is 17.7. The van der Waals surface area contributed by atoms with E-state index in [0.717, 1.165) is 12.1 Å². The maximum absolute atomic E-state index is 12.2. The minimum absolute atomic E-state index is 0.0292. The van der Waals surface area contributed by atoms with Crippen LogP contribution in [0.3, 0.4) is 0 Å². The molecular formula is C16H11F5O3. The minimum Gasteiger partial charge on any atom is -0.487 e. The van der Waals surface area contributed by atoms with Crippen molar-refractivity contribution in [2.75, 3.05) is 6.61 Å². The molecule has 3 nitrogen and oxygen atoms in total. The second-order valence-electron chi connectivity index (χ2n) is 4.64. The van der Waals surface area contributed by atoms with Crippen molar-refractivity contribution in [3.05, 3.63) is 48.0 Å². The van der Waals surface area contributed by atoms with Gasteiger partial charge in [0.25, 0.3) is 6.43 Å². The molecule has 0 bridgehead atoms. The summed E-state index contributed by atoms with van der Waals surface area (Å²) in [4.78, 5) is 10.9. The number of ether oxygens (including phenoxy) is 2. The molecule has 0 N–H and O–H groups in total. The molecule has 0 unspecified atom stereocenters. The molecule has 0 aliphatic heterocycles. The first-order chi connectivity index (χ1) is 11.3. The minimum atomic E-state index is -4.79. The van der Waals surface area contributed by atoms with Crippen LogP contribution in [-0.4, -0.2) is 25.7 Å². The first-order valence-electron chi connectivity index (χ1n) is 6.65. The third-order valence-corrected chi connectivity index (χ3v) is 2.93. The molecule has 2 aromatic carbocycles. The molecule has 0 saturated heterocycles. The Bertz CT molecular complexity index is 696. The Morgan fingerprint density at radius 3 is 2.17 bits per heavy atom. The van der Waals surface area contributed by atoms with E-state index in [2.05, 4.69) is 4.74 Å². The van der Waals surface area contributed by atoms with Crippen molar-refractivity contribution in [1.29, 1.82) is 0 Å². The van der Waals surface area contributed by atoms with E-state index >= 15 is 0 Å². The second kappa shape index (κ2) is 7.29. The van der Waals surface area contributed by atoms with Gasteiger partial charge in [-0.15, -0.1) is 13.2 Å². The molecule has 0 aromatic heterocycles. The van der Waals surface area contributed by atoms with Gasteiger partial charge in [0, 0.05) is 0 Å². The third-order valence-electron chi connectivity index (χ3n) is 2.93. The van der Waals surface area contributed by atoms with Gasteiger partial charge < -0.3 is 9.47 Å². The normalized spacial score (nSPS) is 11.4. The van der Waals surface area contributed by atoms with E-state index in [4.69, 9.17) is 4.74 Å². The van der Waals surface area contributed by atoms with Crippen LogP contribution in [0.2, 0.25) is 0 Å². The summed E-state index contributed by atoms with van der Waals surface area (Å²) < 4.78 is 69.5. The molecule has 8 heteroatoms. The smallest absolute Gasteiger partial charge is 0.487 e. The standard InChI is InChI=1S/C16H11F5O3/c17-15(18)9-23-14-7-11(1-2-12(14)8-22)10-3-5-13(6-4-10)24-16(19,20)21/h1-8,15H,9H2. The number of carbonyl (C=O) groups excluding carboxylic acids is 1. The van der Waals surface area contributed by atoms with Crippen LogP contribution in [-0.2, 0) is 0 Å². The van der Waals surface area contributed by atoms with Gasteiger partial charge in [0.15, 0.2) is 6.29 Å². The Hall–Kier alpha value is -2.64. The maximum Gasteiger partial charge on any atom is 0.573 e. The maximum atomic E-state index is 12.2. The van der Waals surface area contributed by atoms with Crippen LogP contribution in [0.5, 0.6) is 11.5 Å². The summed E-state index contributed by atoms with van der Waals surface area (Å²) in [6.45, 7) is -0.872. The van der Waals surface area contributed by atoms with Gasteiger partial charge in [-0.05, 0) is 35.4 Å². The number of halogens is 5. The Morgan fingerprint density at radius 1 is 1.00 bits per heavy atom. The summed E-state index contributed by atoms with van der Waals surface area (Å²) in [5, 5.41) is 0. The SMILES string of the molecule is O=Cc1ccc(-c2ccc(OC(F)(F)F)cc2)cc1OCC(F)F. The van der Waals surface area contributed by atoms with Gasteiger partial charge in [-0.1, -0.05) is 18.2 Å². The highest BCUT2D eigenvalue weighted by atomic mass is 19.4. The highest BCUT2D eigenvalue weighted by Gasteiger charge is 2.30. The van der Waals surface area contributed by atoms with E-state index in [1.54, 1.807) is 0 Å². The average Bonchev–Trinajstić information content (AvgIpc) is 2.52. The number of benzene rings is 2. The van der Waals surface area contributed by atoms with Crippen molar-refractivity contribution in [2.24, 2.45) is 0 Å². The lowest BCUT2D eigenvalue weighted by Crippen LogP contribution is -2.16. The van der Waals surface area contributed by atoms with Gasteiger partial charge in [0.1, 0.15) is 18.1 Å². The zero-order valence-electron chi connectivity index (χ0n) is 12.0. The summed E-state index contributed by atoms with van der Waals surface area (Å²) in [5.74, 6) is -0.414. The number of rotatable bonds is 6. The van der Waals surface area contributed by atoms with Crippen molar-refractivity contribution in [2.45, 2.75) is 12.8 Å². The molecule has 2 rings (SSSR count). The second-order valence-corrected chi connectivity index (χ2v) is 4.64. The first-order valence-corrected chi connectivity index (χ1v) is 6.65. The molecule has 0 saturated carbocycles. The van der Waals surface area contributed by atoms with E-state index in [9.17, 15) is 26.7 Å². The van der Waals surface area contributed by atoms with E-state index in [1.165, 1.54) is 30.3 Å². The fourth-order valence-electron chi connectivity index (χ4n) is 1.94. The Labute approximate surface area is 133 Å². The number of hydrogen-bond acceptors (Lipinski definition) is 3. The first kappa shape index (κ1) is 17.7. The van der Waals surface area contributed by atoms with Crippen LogP contribution < -0.4 is 9.47 Å². The zero-order valence-corrected chi connectivity index (χ0v) is 12.0. The summed E-state index contributed by atoms with van der Waals surface area (Å²) >= 11 is 0.